The molecule has 0 aliphatic heterocycles. The van der Waals surface area contributed by atoms with E-state index in [4.69, 9.17) is 4.74 Å². The van der Waals surface area contributed by atoms with E-state index in [0.717, 1.165) is 6.42 Å². The molecule has 0 aromatic carbocycles. The maximum Gasteiger partial charge on any atom is 0.407 e. The minimum atomic E-state index is -0.423. The number of carbonyl (C=O) groups is 1. The fourth-order valence-electron chi connectivity index (χ4n) is 0.767. The van der Waals surface area contributed by atoms with E-state index < -0.39 is 5.60 Å². The zero-order valence-corrected chi connectivity index (χ0v) is 9.81. The van der Waals surface area contributed by atoms with Crippen molar-refractivity contribution in [2.24, 2.45) is 0 Å². The molecule has 0 aromatic heterocycles. The van der Waals surface area contributed by atoms with Gasteiger partial charge in [-0.1, -0.05) is 18.6 Å². The average molecular weight is 199 g/mol. The predicted molar refractivity (Wildman–Crippen MR) is 58.3 cm³/mol. The minimum absolute atomic E-state index is 0.363. The second-order valence-corrected chi connectivity index (χ2v) is 4.29. The Bertz CT molecular complexity index is 214. The summed E-state index contributed by atoms with van der Waals surface area (Å²) in [5.41, 5.74) is 0.842. The van der Waals surface area contributed by atoms with Crippen molar-refractivity contribution in [2.45, 2.75) is 46.6 Å². The van der Waals surface area contributed by atoms with Gasteiger partial charge < -0.3 is 10.1 Å². The van der Waals surface area contributed by atoms with Crippen LogP contribution in [0.3, 0.4) is 0 Å². The first kappa shape index (κ1) is 13.0. The first-order chi connectivity index (χ1) is 6.35. The summed E-state index contributed by atoms with van der Waals surface area (Å²) < 4.78 is 5.07. The van der Waals surface area contributed by atoms with Gasteiger partial charge in [-0.25, -0.2) is 4.79 Å². The van der Waals surface area contributed by atoms with Crippen LogP contribution in [0, 0.1) is 0 Å². The molecule has 82 valence electrons. The van der Waals surface area contributed by atoms with Crippen LogP contribution in [-0.2, 0) is 4.74 Å². The lowest BCUT2D eigenvalue weighted by atomic mass is 10.2. The molecule has 3 nitrogen and oxygen atoms in total. The summed E-state index contributed by atoms with van der Waals surface area (Å²) in [7, 11) is 0. The first-order valence-corrected chi connectivity index (χ1v) is 4.97. The Morgan fingerprint density at radius 1 is 1.43 bits per heavy atom. The van der Waals surface area contributed by atoms with E-state index in [-0.39, 0.29) is 6.09 Å². The van der Waals surface area contributed by atoms with Crippen molar-refractivity contribution in [1.29, 1.82) is 0 Å². The third-order valence-electron chi connectivity index (χ3n) is 1.65. The fourth-order valence-corrected chi connectivity index (χ4v) is 0.767. The Morgan fingerprint density at radius 3 is 2.43 bits per heavy atom. The van der Waals surface area contributed by atoms with Crippen LogP contribution >= 0.6 is 0 Å². The lowest BCUT2D eigenvalue weighted by molar-refractivity contribution is 0.0534. The molecule has 0 heterocycles. The summed E-state index contributed by atoms with van der Waals surface area (Å²) in [5, 5.41) is 2.67. The van der Waals surface area contributed by atoms with E-state index in [9.17, 15) is 4.79 Å². The highest BCUT2D eigenvalue weighted by molar-refractivity contribution is 5.67. The van der Waals surface area contributed by atoms with Crippen LogP contribution in [0.4, 0.5) is 4.79 Å². The molecule has 3 heteroatoms. The highest BCUT2D eigenvalue weighted by atomic mass is 16.6. The molecule has 0 unspecified atom stereocenters. The highest BCUT2D eigenvalue weighted by Crippen LogP contribution is 2.06. The van der Waals surface area contributed by atoms with Gasteiger partial charge in [0, 0.05) is 6.54 Å². The summed E-state index contributed by atoms with van der Waals surface area (Å²) in [6.07, 6.45) is 2.64. The lowest BCUT2D eigenvalue weighted by Gasteiger charge is -2.19. The zero-order chi connectivity index (χ0) is 11.2. The van der Waals surface area contributed by atoms with Gasteiger partial charge in [0.25, 0.3) is 0 Å². The molecule has 0 saturated carbocycles. The van der Waals surface area contributed by atoms with Crippen molar-refractivity contribution in [3.8, 4) is 0 Å². The van der Waals surface area contributed by atoms with Gasteiger partial charge in [-0.05, 0) is 34.1 Å². The van der Waals surface area contributed by atoms with Gasteiger partial charge in [-0.3, -0.25) is 0 Å². The minimum Gasteiger partial charge on any atom is -0.444 e. The van der Waals surface area contributed by atoms with Gasteiger partial charge in [-0.15, -0.1) is 0 Å². The molecule has 0 rings (SSSR count). The van der Waals surface area contributed by atoms with E-state index in [2.05, 4.69) is 12.2 Å². The molecule has 0 atom stereocenters. The van der Waals surface area contributed by atoms with E-state index >= 15 is 0 Å². The summed E-state index contributed by atoms with van der Waals surface area (Å²) in [6.45, 7) is 10.2. The number of carbonyl (C=O) groups excluding carboxylic acids is 1. The van der Waals surface area contributed by atoms with E-state index in [1.165, 1.54) is 5.57 Å². The summed E-state index contributed by atoms with van der Waals surface area (Å²) in [6, 6.07) is 0. The number of nitrogens with one attached hydrogen (secondary N) is 1. The number of amides is 1. The Labute approximate surface area is 86.5 Å². The van der Waals surface area contributed by atoms with Gasteiger partial charge in [0.1, 0.15) is 5.60 Å². The van der Waals surface area contributed by atoms with Gasteiger partial charge in [0.2, 0.25) is 0 Å². The number of hydrogen-bond donors (Lipinski definition) is 1. The van der Waals surface area contributed by atoms with Crippen molar-refractivity contribution >= 4 is 6.09 Å². The zero-order valence-electron chi connectivity index (χ0n) is 9.81. The molecule has 0 aliphatic carbocycles. The SMILES string of the molecule is CC/C(C)=C/CNC(=O)OC(C)(C)C. The smallest absolute Gasteiger partial charge is 0.407 e. The quantitative estimate of drug-likeness (QED) is 0.710. The molecule has 14 heavy (non-hydrogen) atoms. The monoisotopic (exact) mass is 199 g/mol. The molecule has 0 bridgehead atoms. The van der Waals surface area contributed by atoms with Crippen LogP contribution in [0.15, 0.2) is 11.6 Å². The summed E-state index contributed by atoms with van der Waals surface area (Å²) in [5.74, 6) is 0. The standard InChI is InChI=1S/C11H21NO2/c1-6-9(2)7-8-12-10(13)14-11(3,4)5/h7H,6,8H2,1-5H3,(H,12,13)/b9-7+. The van der Waals surface area contributed by atoms with Crippen LogP contribution in [0.1, 0.15) is 41.0 Å². The van der Waals surface area contributed by atoms with Gasteiger partial charge in [0.05, 0.1) is 0 Å². The average Bonchev–Trinajstić information content (AvgIpc) is 2.00. The molecule has 1 N–H and O–H groups in total. The maximum absolute atomic E-state index is 11.2. The molecule has 0 fully saturated rings. The van der Waals surface area contributed by atoms with Crippen LogP contribution in [0.25, 0.3) is 0 Å². The lowest BCUT2D eigenvalue weighted by Crippen LogP contribution is -2.32. The fraction of sp³-hybridized carbons (Fsp3) is 0.727. The van der Waals surface area contributed by atoms with Gasteiger partial charge in [0.15, 0.2) is 0 Å². The summed E-state index contributed by atoms with van der Waals surface area (Å²) in [4.78, 5) is 11.2. The molecule has 0 saturated heterocycles. The van der Waals surface area contributed by atoms with E-state index in [0.29, 0.717) is 6.54 Å². The van der Waals surface area contributed by atoms with Crippen molar-refractivity contribution in [3.05, 3.63) is 11.6 Å². The molecular weight excluding hydrogens is 178 g/mol. The molecule has 0 radical (unpaired) electrons. The number of ether oxygens (including phenoxy) is 1. The van der Waals surface area contributed by atoms with Crippen LogP contribution in [0.2, 0.25) is 0 Å². The second kappa shape index (κ2) is 5.68. The predicted octanol–water partition coefficient (Wildman–Crippen LogP) is 2.87. The number of rotatable bonds is 3. The largest absolute Gasteiger partial charge is 0.444 e. The third kappa shape index (κ3) is 7.65. The highest BCUT2D eigenvalue weighted by Gasteiger charge is 2.14. The number of hydrogen-bond acceptors (Lipinski definition) is 2. The molecular formula is C11H21NO2. The second-order valence-electron chi connectivity index (χ2n) is 4.29. The Hall–Kier alpha value is -0.990. The van der Waals surface area contributed by atoms with Gasteiger partial charge >= 0.3 is 6.09 Å². The molecule has 0 aromatic rings. The van der Waals surface area contributed by atoms with Crippen LogP contribution in [-0.4, -0.2) is 18.2 Å². The Morgan fingerprint density at radius 2 is 2.00 bits per heavy atom. The summed E-state index contributed by atoms with van der Waals surface area (Å²) >= 11 is 0. The molecule has 1 amide bonds. The molecule has 0 spiro atoms. The van der Waals surface area contributed by atoms with Crippen LogP contribution < -0.4 is 5.32 Å². The molecule has 0 aliphatic rings. The van der Waals surface area contributed by atoms with E-state index in [1.807, 2.05) is 33.8 Å². The third-order valence-corrected chi connectivity index (χ3v) is 1.65. The Balaban J connectivity index is 3.76. The Kier molecular flexibility index (Phi) is 5.28. The maximum atomic E-state index is 11.2. The van der Waals surface area contributed by atoms with Crippen molar-refractivity contribution in [2.75, 3.05) is 6.54 Å². The topological polar surface area (TPSA) is 38.3 Å². The first-order valence-electron chi connectivity index (χ1n) is 4.97. The van der Waals surface area contributed by atoms with Crippen molar-refractivity contribution in [3.63, 3.8) is 0 Å². The van der Waals surface area contributed by atoms with Crippen molar-refractivity contribution in [1.82, 2.24) is 5.32 Å². The van der Waals surface area contributed by atoms with Crippen molar-refractivity contribution < 1.29 is 9.53 Å². The van der Waals surface area contributed by atoms with Gasteiger partial charge in [-0.2, -0.15) is 0 Å². The van der Waals surface area contributed by atoms with Crippen LogP contribution in [0.5, 0.6) is 0 Å². The normalized spacial score (nSPS) is 12.5. The number of allylic oxidation sites excluding steroid dienone is 1. The van der Waals surface area contributed by atoms with E-state index in [1.54, 1.807) is 0 Å². The number of alkyl carbamates (subject to hydrolysis) is 1.